The highest BCUT2D eigenvalue weighted by atomic mass is 32.1. The average Bonchev–Trinajstić information content (AvgIpc) is 3.08. The van der Waals surface area contributed by atoms with Crippen molar-refractivity contribution in [1.29, 1.82) is 0 Å². The standard InChI is InChI=1S/C26H25NOS/c1-17(2)20-8-4-6-10-23(20)27-26(28)25-22(16-19-14-12-18(3)13-15-19)21-9-5-7-11-24(21)29-25/h4-15,17H,16H2,1-3H3,(H,27,28). The van der Waals surface area contributed by atoms with Gasteiger partial charge in [0.2, 0.25) is 0 Å². The predicted molar refractivity (Wildman–Crippen MR) is 124 cm³/mol. The first-order valence-electron chi connectivity index (χ1n) is 9.99. The van der Waals surface area contributed by atoms with Crippen molar-refractivity contribution in [3.63, 3.8) is 0 Å². The molecule has 4 rings (SSSR count). The van der Waals surface area contributed by atoms with E-state index in [0.29, 0.717) is 5.92 Å². The minimum atomic E-state index is -0.0265. The monoisotopic (exact) mass is 399 g/mol. The minimum absolute atomic E-state index is 0.0265. The largest absolute Gasteiger partial charge is 0.321 e. The highest BCUT2D eigenvalue weighted by molar-refractivity contribution is 7.21. The van der Waals surface area contributed by atoms with Gasteiger partial charge in [0, 0.05) is 10.4 Å². The van der Waals surface area contributed by atoms with E-state index in [2.05, 4.69) is 68.6 Å². The first kappa shape index (κ1) is 19.4. The Bertz CT molecular complexity index is 1160. The molecule has 2 nitrogen and oxygen atoms in total. The lowest BCUT2D eigenvalue weighted by atomic mass is 9.99. The normalized spacial score (nSPS) is 11.2. The molecule has 0 unspecified atom stereocenters. The van der Waals surface area contributed by atoms with Crippen LogP contribution in [-0.2, 0) is 6.42 Å². The Morgan fingerprint density at radius 3 is 2.38 bits per heavy atom. The molecule has 1 amide bonds. The third kappa shape index (κ3) is 4.10. The number of anilines is 1. The van der Waals surface area contributed by atoms with E-state index < -0.39 is 0 Å². The molecule has 0 spiro atoms. The summed E-state index contributed by atoms with van der Waals surface area (Å²) in [5.41, 5.74) is 5.62. The number of aryl methyl sites for hydroxylation is 1. The second-order valence-electron chi connectivity index (χ2n) is 7.76. The highest BCUT2D eigenvalue weighted by Gasteiger charge is 2.20. The van der Waals surface area contributed by atoms with Gasteiger partial charge in [-0.1, -0.05) is 80.1 Å². The third-order valence-electron chi connectivity index (χ3n) is 5.24. The van der Waals surface area contributed by atoms with Crippen molar-refractivity contribution in [2.75, 3.05) is 5.32 Å². The van der Waals surface area contributed by atoms with Gasteiger partial charge in [-0.05, 0) is 53.5 Å². The Hall–Kier alpha value is -2.91. The molecule has 1 aromatic heterocycles. The lowest BCUT2D eigenvalue weighted by Gasteiger charge is -2.14. The summed E-state index contributed by atoms with van der Waals surface area (Å²) in [6.45, 7) is 6.38. The lowest BCUT2D eigenvalue weighted by Crippen LogP contribution is -2.14. The molecule has 0 atom stereocenters. The van der Waals surface area contributed by atoms with E-state index in [9.17, 15) is 4.79 Å². The van der Waals surface area contributed by atoms with Crippen molar-refractivity contribution in [2.45, 2.75) is 33.1 Å². The summed E-state index contributed by atoms with van der Waals surface area (Å²) in [6, 6.07) is 24.9. The smallest absolute Gasteiger partial charge is 0.266 e. The van der Waals surface area contributed by atoms with Crippen LogP contribution in [0.2, 0.25) is 0 Å². The summed E-state index contributed by atoms with van der Waals surface area (Å²) < 4.78 is 1.15. The zero-order chi connectivity index (χ0) is 20.4. The molecule has 0 aliphatic carbocycles. The maximum atomic E-state index is 13.3. The molecule has 0 fully saturated rings. The highest BCUT2D eigenvalue weighted by Crippen LogP contribution is 2.34. The molecule has 29 heavy (non-hydrogen) atoms. The number of para-hydroxylation sites is 1. The topological polar surface area (TPSA) is 29.1 Å². The van der Waals surface area contributed by atoms with Gasteiger partial charge in [0.1, 0.15) is 0 Å². The van der Waals surface area contributed by atoms with Crippen LogP contribution < -0.4 is 5.32 Å². The van der Waals surface area contributed by atoms with E-state index in [1.807, 2.05) is 30.3 Å². The zero-order valence-electron chi connectivity index (χ0n) is 17.0. The van der Waals surface area contributed by atoms with Crippen LogP contribution in [0.1, 0.15) is 51.7 Å². The van der Waals surface area contributed by atoms with Crippen LogP contribution in [0.25, 0.3) is 10.1 Å². The number of nitrogens with one attached hydrogen (secondary N) is 1. The molecule has 1 N–H and O–H groups in total. The van der Waals surface area contributed by atoms with Crippen molar-refractivity contribution in [1.82, 2.24) is 0 Å². The van der Waals surface area contributed by atoms with E-state index in [1.54, 1.807) is 11.3 Å². The molecular weight excluding hydrogens is 374 g/mol. The molecule has 0 radical (unpaired) electrons. The number of hydrogen-bond acceptors (Lipinski definition) is 2. The molecule has 3 heteroatoms. The molecule has 146 valence electrons. The summed E-state index contributed by atoms with van der Waals surface area (Å²) in [7, 11) is 0. The van der Waals surface area contributed by atoms with Crippen molar-refractivity contribution in [3.8, 4) is 0 Å². The van der Waals surface area contributed by atoms with E-state index in [4.69, 9.17) is 0 Å². The summed E-state index contributed by atoms with van der Waals surface area (Å²) in [5, 5.41) is 4.34. The lowest BCUT2D eigenvalue weighted by molar-refractivity contribution is 0.103. The van der Waals surface area contributed by atoms with Crippen LogP contribution >= 0.6 is 11.3 Å². The van der Waals surface area contributed by atoms with Crippen LogP contribution in [0.5, 0.6) is 0 Å². The van der Waals surface area contributed by atoms with E-state index in [0.717, 1.165) is 32.8 Å². The van der Waals surface area contributed by atoms with E-state index in [-0.39, 0.29) is 5.91 Å². The fourth-order valence-corrected chi connectivity index (χ4v) is 4.78. The first-order valence-corrected chi connectivity index (χ1v) is 10.8. The van der Waals surface area contributed by atoms with Gasteiger partial charge in [-0.2, -0.15) is 0 Å². The Morgan fingerprint density at radius 1 is 0.931 bits per heavy atom. The maximum absolute atomic E-state index is 13.3. The second kappa shape index (κ2) is 8.22. The number of hydrogen-bond donors (Lipinski definition) is 1. The van der Waals surface area contributed by atoms with Crippen molar-refractivity contribution in [2.24, 2.45) is 0 Å². The van der Waals surface area contributed by atoms with Crippen molar-refractivity contribution < 1.29 is 4.79 Å². The average molecular weight is 400 g/mol. The number of rotatable bonds is 5. The third-order valence-corrected chi connectivity index (χ3v) is 6.45. The van der Waals surface area contributed by atoms with Gasteiger partial charge < -0.3 is 5.32 Å². The molecule has 1 heterocycles. The fraction of sp³-hybridized carbons (Fsp3) is 0.192. The number of fused-ring (bicyclic) bond motifs is 1. The SMILES string of the molecule is Cc1ccc(Cc2c(C(=O)Nc3ccccc3C(C)C)sc3ccccc23)cc1. The Kier molecular flexibility index (Phi) is 5.50. The molecule has 0 saturated heterocycles. The Morgan fingerprint density at radius 2 is 1.62 bits per heavy atom. The summed E-state index contributed by atoms with van der Waals surface area (Å²) in [5.74, 6) is 0.322. The zero-order valence-corrected chi connectivity index (χ0v) is 17.8. The van der Waals surface area contributed by atoms with Crippen LogP contribution in [0, 0.1) is 6.92 Å². The van der Waals surface area contributed by atoms with Gasteiger partial charge in [-0.15, -0.1) is 11.3 Å². The predicted octanol–water partition coefficient (Wildman–Crippen LogP) is 7.18. The van der Waals surface area contributed by atoms with Crippen molar-refractivity contribution in [3.05, 3.63) is 99.9 Å². The van der Waals surface area contributed by atoms with Crippen LogP contribution in [0.4, 0.5) is 5.69 Å². The van der Waals surface area contributed by atoms with Crippen molar-refractivity contribution >= 4 is 33.0 Å². The summed E-state index contributed by atoms with van der Waals surface area (Å²) in [4.78, 5) is 14.1. The van der Waals surface area contributed by atoms with E-state index >= 15 is 0 Å². The quantitative estimate of drug-likeness (QED) is 0.378. The summed E-state index contributed by atoms with van der Waals surface area (Å²) in [6.07, 6.45) is 0.749. The van der Waals surface area contributed by atoms with E-state index in [1.165, 1.54) is 16.5 Å². The number of amides is 1. The molecule has 0 aliphatic rings. The Labute approximate surface area is 176 Å². The van der Waals surface area contributed by atoms with Gasteiger partial charge in [0.15, 0.2) is 0 Å². The van der Waals surface area contributed by atoms with Crippen LogP contribution in [0.3, 0.4) is 0 Å². The number of carbonyl (C=O) groups excluding carboxylic acids is 1. The fourth-order valence-electron chi connectivity index (χ4n) is 3.66. The van der Waals surface area contributed by atoms with Gasteiger partial charge in [-0.25, -0.2) is 0 Å². The number of carbonyl (C=O) groups is 1. The van der Waals surface area contributed by atoms with Gasteiger partial charge in [-0.3, -0.25) is 4.79 Å². The summed E-state index contributed by atoms with van der Waals surface area (Å²) >= 11 is 1.58. The van der Waals surface area contributed by atoms with Crippen LogP contribution in [0.15, 0.2) is 72.8 Å². The second-order valence-corrected chi connectivity index (χ2v) is 8.82. The maximum Gasteiger partial charge on any atom is 0.266 e. The van der Waals surface area contributed by atoms with Gasteiger partial charge in [0.05, 0.1) is 4.88 Å². The van der Waals surface area contributed by atoms with Gasteiger partial charge in [0.25, 0.3) is 5.91 Å². The first-order chi connectivity index (χ1) is 14.0. The molecule has 0 saturated carbocycles. The molecule has 4 aromatic rings. The Balaban J connectivity index is 1.73. The molecule has 0 aliphatic heterocycles. The molecule has 3 aromatic carbocycles. The molecular formula is C26H25NOS. The molecule has 0 bridgehead atoms. The van der Waals surface area contributed by atoms with Crippen LogP contribution in [-0.4, -0.2) is 5.91 Å². The minimum Gasteiger partial charge on any atom is -0.321 e. The number of benzene rings is 3. The van der Waals surface area contributed by atoms with Gasteiger partial charge >= 0.3 is 0 Å². The number of thiophene rings is 1.